The summed E-state index contributed by atoms with van der Waals surface area (Å²) in [6.45, 7) is 3.95. The van der Waals surface area contributed by atoms with E-state index in [2.05, 4.69) is 15.6 Å². The molecule has 0 saturated carbocycles. The molecular formula is C19H19N3O2S2. The zero-order chi connectivity index (χ0) is 18.7. The van der Waals surface area contributed by atoms with Gasteiger partial charge in [0.1, 0.15) is 10.8 Å². The fraction of sp³-hybridized carbons (Fsp3) is 0.211. The number of anilines is 1. The first kappa shape index (κ1) is 18.3. The van der Waals surface area contributed by atoms with E-state index in [4.69, 9.17) is 12.2 Å². The number of phenolic OH excluding ortho intramolecular Hbond substituents is 1. The molecular weight excluding hydrogens is 366 g/mol. The van der Waals surface area contributed by atoms with E-state index in [1.807, 2.05) is 38.1 Å². The first-order valence-corrected chi connectivity index (χ1v) is 9.44. The molecule has 2 aromatic carbocycles. The largest absolute Gasteiger partial charge is 0.507 e. The molecule has 134 valence electrons. The van der Waals surface area contributed by atoms with Crippen LogP contribution in [0.15, 0.2) is 42.5 Å². The summed E-state index contributed by atoms with van der Waals surface area (Å²) in [6, 6.07) is 12.9. The number of thiocarbonyl (C=S) groups is 1. The van der Waals surface area contributed by atoms with Crippen LogP contribution in [-0.2, 0) is 4.79 Å². The Hall–Kier alpha value is -2.51. The molecule has 3 aromatic rings. The van der Waals surface area contributed by atoms with Crippen LogP contribution in [0.2, 0.25) is 0 Å². The van der Waals surface area contributed by atoms with Crippen LogP contribution in [0.3, 0.4) is 0 Å². The second-order valence-corrected chi connectivity index (χ2v) is 7.76. The van der Waals surface area contributed by atoms with Gasteiger partial charge in [-0.2, -0.15) is 0 Å². The van der Waals surface area contributed by atoms with Gasteiger partial charge in [-0.1, -0.05) is 26.0 Å². The van der Waals surface area contributed by atoms with E-state index in [0.717, 1.165) is 15.2 Å². The van der Waals surface area contributed by atoms with E-state index in [-0.39, 0.29) is 22.7 Å². The summed E-state index contributed by atoms with van der Waals surface area (Å²) in [5.74, 6) is 0.282. The van der Waals surface area contributed by atoms with Crippen molar-refractivity contribution < 1.29 is 9.90 Å². The van der Waals surface area contributed by atoms with Gasteiger partial charge >= 0.3 is 0 Å². The fourth-order valence-electron chi connectivity index (χ4n) is 2.48. The third-order valence-corrected chi connectivity index (χ3v) is 4.90. The molecule has 1 aromatic heterocycles. The number of carbonyl (C=O) groups is 1. The Balaban J connectivity index is 1.79. The first-order valence-electron chi connectivity index (χ1n) is 8.22. The maximum absolute atomic E-state index is 11.8. The molecule has 5 nitrogen and oxygen atoms in total. The number of nitrogens with zero attached hydrogens (tertiary/aromatic N) is 1. The van der Waals surface area contributed by atoms with Gasteiger partial charge in [0.2, 0.25) is 5.91 Å². The first-order chi connectivity index (χ1) is 12.4. The monoisotopic (exact) mass is 385 g/mol. The molecule has 0 spiro atoms. The Morgan fingerprint density at radius 2 is 2.04 bits per heavy atom. The molecule has 0 saturated heterocycles. The summed E-state index contributed by atoms with van der Waals surface area (Å²) < 4.78 is 1.05. The number of nitrogens with one attached hydrogen (secondary N) is 2. The van der Waals surface area contributed by atoms with Crippen molar-refractivity contribution in [3.63, 3.8) is 0 Å². The maximum atomic E-state index is 11.8. The van der Waals surface area contributed by atoms with Crippen LogP contribution in [0.5, 0.6) is 5.75 Å². The number of carbonyl (C=O) groups excluding carboxylic acids is 1. The fourth-order valence-corrected chi connectivity index (χ4v) is 3.71. The van der Waals surface area contributed by atoms with Crippen LogP contribution < -0.4 is 10.6 Å². The summed E-state index contributed by atoms with van der Waals surface area (Å²) in [5, 5.41) is 16.8. The minimum Gasteiger partial charge on any atom is -0.507 e. The Morgan fingerprint density at radius 1 is 1.27 bits per heavy atom. The molecule has 3 N–H and O–H groups in total. The summed E-state index contributed by atoms with van der Waals surface area (Å²) in [7, 11) is 0. The van der Waals surface area contributed by atoms with Crippen molar-refractivity contribution in [2.45, 2.75) is 20.3 Å². The Bertz CT molecular complexity index is 933. The van der Waals surface area contributed by atoms with Crippen LogP contribution in [0.1, 0.15) is 20.3 Å². The van der Waals surface area contributed by atoms with Crippen molar-refractivity contribution in [2.24, 2.45) is 5.92 Å². The average Bonchev–Trinajstić information content (AvgIpc) is 2.99. The minimum absolute atomic E-state index is 0.123. The summed E-state index contributed by atoms with van der Waals surface area (Å²) in [6.07, 6.45) is 0.411. The second-order valence-electron chi connectivity index (χ2n) is 6.32. The summed E-state index contributed by atoms with van der Waals surface area (Å²) in [4.78, 5) is 16.4. The molecule has 0 aliphatic heterocycles. The standard InChI is InChI=1S/C19H19N3O2S2/c1-11(2)9-17(24)22-19(25)20-12-7-8-15(23)13(10-12)18-21-14-5-3-4-6-16(14)26-18/h3-8,10-11,23H,9H2,1-2H3,(H2,20,22,24,25). The van der Waals surface area contributed by atoms with Crippen molar-refractivity contribution in [3.8, 4) is 16.3 Å². The van der Waals surface area contributed by atoms with Gasteiger partial charge in [0, 0.05) is 12.1 Å². The van der Waals surface area contributed by atoms with E-state index in [9.17, 15) is 9.90 Å². The molecule has 0 bridgehead atoms. The van der Waals surface area contributed by atoms with Gasteiger partial charge in [0.25, 0.3) is 0 Å². The number of aromatic nitrogens is 1. The van der Waals surface area contributed by atoms with Gasteiger partial charge in [0.05, 0.1) is 15.8 Å². The molecule has 0 aliphatic rings. The van der Waals surface area contributed by atoms with E-state index in [1.165, 1.54) is 11.3 Å². The highest BCUT2D eigenvalue weighted by Gasteiger charge is 2.12. The van der Waals surface area contributed by atoms with Gasteiger partial charge in [-0.25, -0.2) is 4.98 Å². The molecule has 1 heterocycles. The molecule has 1 amide bonds. The average molecular weight is 386 g/mol. The molecule has 7 heteroatoms. The molecule has 0 radical (unpaired) electrons. The maximum Gasteiger partial charge on any atom is 0.226 e. The highest BCUT2D eigenvalue weighted by Crippen LogP contribution is 2.36. The van der Waals surface area contributed by atoms with Crippen LogP contribution in [0.4, 0.5) is 5.69 Å². The van der Waals surface area contributed by atoms with Gasteiger partial charge in [-0.3, -0.25) is 4.79 Å². The summed E-state index contributed by atoms with van der Waals surface area (Å²) in [5.41, 5.74) is 2.18. The van der Waals surface area contributed by atoms with Crippen molar-refractivity contribution in [1.29, 1.82) is 0 Å². The number of para-hydroxylation sites is 1. The third-order valence-electron chi connectivity index (χ3n) is 3.63. The van der Waals surface area contributed by atoms with Crippen LogP contribution >= 0.6 is 23.6 Å². The van der Waals surface area contributed by atoms with Crippen LogP contribution in [-0.4, -0.2) is 21.1 Å². The lowest BCUT2D eigenvalue weighted by Gasteiger charge is -2.12. The van der Waals surface area contributed by atoms with E-state index >= 15 is 0 Å². The quantitative estimate of drug-likeness (QED) is 0.455. The van der Waals surface area contributed by atoms with Crippen molar-refractivity contribution in [3.05, 3.63) is 42.5 Å². The minimum atomic E-state index is -0.123. The molecule has 0 atom stereocenters. The van der Waals surface area contributed by atoms with E-state index in [1.54, 1.807) is 18.2 Å². The summed E-state index contributed by atoms with van der Waals surface area (Å²) >= 11 is 6.70. The number of amides is 1. The highest BCUT2D eigenvalue weighted by atomic mass is 32.1. The number of hydrogen-bond donors (Lipinski definition) is 3. The Labute approximate surface area is 161 Å². The van der Waals surface area contributed by atoms with Gasteiger partial charge in [-0.15, -0.1) is 11.3 Å². The van der Waals surface area contributed by atoms with E-state index < -0.39 is 0 Å². The number of aromatic hydroxyl groups is 1. The van der Waals surface area contributed by atoms with Crippen molar-refractivity contribution >= 4 is 50.5 Å². The zero-order valence-corrected chi connectivity index (χ0v) is 16.1. The molecule has 3 rings (SSSR count). The normalized spacial score (nSPS) is 10.9. The third kappa shape index (κ3) is 4.36. The van der Waals surface area contributed by atoms with Gasteiger partial charge in [-0.05, 0) is 48.5 Å². The SMILES string of the molecule is CC(C)CC(=O)NC(=S)Nc1ccc(O)c(-c2nc3ccccc3s2)c1. The lowest BCUT2D eigenvalue weighted by Crippen LogP contribution is -2.34. The van der Waals surface area contributed by atoms with Crippen molar-refractivity contribution in [2.75, 3.05) is 5.32 Å². The Morgan fingerprint density at radius 3 is 2.77 bits per heavy atom. The molecule has 0 aliphatic carbocycles. The molecule has 0 unspecified atom stereocenters. The highest BCUT2D eigenvalue weighted by molar-refractivity contribution is 7.80. The smallest absolute Gasteiger partial charge is 0.226 e. The lowest BCUT2D eigenvalue weighted by molar-refractivity contribution is -0.120. The number of thiazole rings is 1. The number of rotatable bonds is 4. The van der Waals surface area contributed by atoms with Gasteiger partial charge in [0.15, 0.2) is 5.11 Å². The zero-order valence-electron chi connectivity index (χ0n) is 14.4. The van der Waals surface area contributed by atoms with Crippen LogP contribution in [0.25, 0.3) is 20.8 Å². The Kier molecular flexibility index (Phi) is 5.49. The van der Waals surface area contributed by atoms with Gasteiger partial charge < -0.3 is 15.7 Å². The predicted octanol–water partition coefficient (Wildman–Crippen LogP) is 4.53. The topological polar surface area (TPSA) is 74.2 Å². The number of hydrogen-bond acceptors (Lipinski definition) is 5. The number of benzene rings is 2. The number of fused-ring (bicyclic) bond motifs is 1. The lowest BCUT2D eigenvalue weighted by atomic mass is 10.1. The van der Waals surface area contributed by atoms with Crippen molar-refractivity contribution in [1.82, 2.24) is 10.3 Å². The predicted molar refractivity (Wildman–Crippen MR) is 111 cm³/mol. The number of phenols is 1. The second kappa shape index (κ2) is 7.80. The molecule has 26 heavy (non-hydrogen) atoms. The molecule has 0 fully saturated rings. The van der Waals surface area contributed by atoms with E-state index in [0.29, 0.717) is 17.7 Å². The van der Waals surface area contributed by atoms with Crippen LogP contribution in [0, 0.1) is 5.92 Å².